The van der Waals surface area contributed by atoms with E-state index < -0.39 is 5.97 Å². The number of hydrogen-bond donors (Lipinski definition) is 1. The number of benzene rings is 2. The number of nitrogens with zero attached hydrogens (tertiary/aromatic N) is 1. The van der Waals surface area contributed by atoms with Crippen molar-refractivity contribution in [3.8, 4) is 0 Å². The number of aromatic nitrogens is 1. The predicted octanol–water partition coefficient (Wildman–Crippen LogP) is 5.37. The summed E-state index contributed by atoms with van der Waals surface area (Å²) in [5.74, 6) is -0.845. The van der Waals surface area contributed by atoms with Crippen molar-refractivity contribution in [2.45, 2.75) is 39.0 Å². The van der Waals surface area contributed by atoms with Crippen LogP contribution >= 0.6 is 15.9 Å². The lowest BCUT2D eigenvalue weighted by Gasteiger charge is -2.15. The molecular weight excluding hydrogens is 444 g/mol. The Morgan fingerprint density at radius 1 is 1.10 bits per heavy atom. The molecule has 4 rings (SSSR count). The Bertz CT molecular complexity index is 1130. The number of halogens is 1. The molecule has 0 fully saturated rings. The Kier molecular flexibility index (Phi) is 6.13. The number of esters is 1. The van der Waals surface area contributed by atoms with Crippen LogP contribution in [0.25, 0.3) is 10.9 Å². The molecule has 5 nitrogen and oxygen atoms in total. The number of para-hydroxylation sites is 1. The van der Waals surface area contributed by atoms with E-state index in [0.717, 1.165) is 64.3 Å². The van der Waals surface area contributed by atoms with E-state index in [4.69, 9.17) is 9.72 Å². The minimum Gasteiger partial charge on any atom is -0.452 e. The molecule has 30 heavy (non-hydrogen) atoms. The van der Waals surface area contributed by atoms with Crippen LogP contribution in [0.5, 0.6) is 0 Å². The van der Waals surface area contributed by atoms with Crippen LogP contribution in [0.2, 0.25) is 0 Å². The van der Waals surface area contributed by atoms with Gasteiger partial charge in [-0.25, -0.2) is 4.79 Å². The summed E-state index contributed by atoms with van der Waals surface area (Å²) in [6.07, 6.45) is 4.88. The van der Waals surface area contributed by atoms with E-state index >= 15 is 0 Å². The van der Waals surface area contributed by atoms with Crippen LogP contribution in [-0.4, -0.2) is 23.5 Å². The van der Waals surface area contributed by atoms with Gasteiger partial charge in [-0.3, -0.25) is 9.78 Å². The molecule has 1 heterocycles. The Labute approximate surface area is 184 Å². The topological polar surface area (TPSA) is 68.3 Å². The lowest BCUT2D eigenvalue weighted by Crippen LogP contribution is -2.22. The van der Waals surface area contributed by atoms with Crippen molar-refractivity contribution < 1.29 is 14.3 Å². The molecule has 1 N–H and O–H groups in total. The van der Waals surface area contributed by atoms with Crippen molar-refractivity contribution in [2.75, 3.05) is 11.9 Å². The van der Waals surface area contributed by atoms with Crippen molar-refractivity contribution in [2.24, 2.45) is 0 Å². The summed E-state index contributed by atoms with van der Waals surface area (Å²) in [6.45, 7) is 1.63. The highest BCUT2D eigenvalue weighted by Gasteiger charge is 2.23. The SMILES string of the molecule is Cc1ccc(NC(=O)COC(=O)c2c3c(nc4ccccc24)CCCCC3)c(Br)c1. The maximum Gasteiger partial charge on any atom is 0.339 e. The van der Waals surface area contributed by atoms with E-state index in [0.29, 0.717) is 11.3 Å². The fourth-order valence-electron chi connectivity index (χ4n) is 3.89. The first-order valence-electron chi connectivity index (χ1n) is 10.2. The van der Waals surface area contributed by atoms with Gasteiger partial charge in [0.05, 0.1) is 16.8 Å². The van der Waals surface area contributed by atoms with Gasteiger partial charge in [0.1, 0.15) is 0 Å². The molecule has 0 saturated carbocycles. The second-order valence-corrected chi connectivity index (χ2v) is 8.45. The summed E-state index contributed by atoms with van der Waals surface area (Å²) in [4.78, 5) is 30.2. The van der Waals surface area contributed by atoms with E-state index in [-0.39, 0.29) is 12.5 Å². The van der Waals surface area contributed by atoms with Crippen LogP contribution in [0.3, 0.4) is 0 Å². The van der Waals surface area contributed by atoms with Crippen LogP contribution in [0.4, 0.5) is 5.69 Å². The van der Waals surface area contributed by atoms with Gasteiger partial charge in [0, 0.05) is 15.6 Å². The second-order valence-electron chi connectivity index (χ2n) is 7.60. The Balaban J connectivity index is 1.56. The minimum absolute atomic E-state index is 0.343. The van der Waals surface area contributed by atoms with Crippen molar-refractivity contribution in [1.82, 2.24) is 4.98 Å². The fraction of sp³-hybridized carbons (Fsp3) is 0.292. The summed E-state index contributed by atoms with van der Waals surface area (Å²) < 4.78 is 6.23. The molecule has 0 saturated heterocycles. The Morgan fingerprint density at radius 3 is 2.73 bits per heavy atom. The van der Waals surface area contributed by atoms with Gasteiger partial charge >= 0.3 is 5.97 Å². The van der Waals surface area contributed by atoms with E-state index in [2.05, 4.69) is 21.2 Å². The zero-order chi connectivity index (χ0) is 21.1. The molecule has 1 aliphatic rings. The van der Waals surface area contributed by atoms with Gasteiger partial charge in [-0.2, -0.15) is 0 Å². The van der Waals surface area contributed by atoms with Crippen LogP contribution in [-0.2, 0) is 22.4 Å². The number of aryl methyl sites for hydroxylation is 2. The maximum absolute atomic E-state index is 13.1. The number of fused-ring (bicyclic) bond motifs is 2. The zero-order valence-corrected chi connectivity index (χ0v) is 18.4. The van der Waals surface area contributed by atoms with Gasteiger partial charge < -0.3 is 10.1 Å². The van der Waals surface area contributed by atoms with Crippen LogP contribution < -0.4 is 5.32 Å². The van der Waals surface area contributed by atoms with Gasteiger partial charge in [0.2, 0.25) is 0 Å². The molecular formula is C24H23BrN2O3. The molecule has 3 aromatic rings. The van der Waals surface area contributed by atoms with Crippen LogP contribution in [0, 0.1) is 6.92 Å². The number of anilines is 1. The normalized spacial score (nSPS) is 13.4. The molecule has 154 valence electrons. The van der Waals surface area contributed by atoms with E-state index in [1.807, 2.05) is 49.4 Å². The zero-order valence-electron chi connectivity index (χ0n) is 16.8. The standard InChI is InChI=1S/C24H23BrN2O3/c1-15-11-12-21(18(25)13-15)27-22(28)14-30-24(29)23-16-7-3-2-4-9-19(16)26-20-10-6-5-8-17(20)23/h5-6,8,10-13H,2-4,7,9,14H2,1H3,(H,27,28). The molecule has 1 aromatic heterocycles. The highest BCUT2D eigenvalue weighted by atomic mass is 79.9. The number of nitrogens with one attached hydrogen (secondary N) is 1. The van der Waals surface area contributed by atoms with Gasteiger partial charge in [-0.1, -0.05) is 30.7 Å². The van der Waals surface area contributed by atoms with Crippen molar-refractivity contribution in [3.63, 3.8) is 0 Å². The third-order valence-electron chi connectivity index (χ3n) is 5.36. The summed E-state index contributed by atoms with van der Waals surface area (Å²) >= 11 is 3.44. The fourth-order valence-corrected chi connectivity index (χ4v) is 4.49. The third-order valence-corrected chi connectivity index (χ3v) is 6.01. The molecule has 6 heteroatoms. The van der Waals surface area contributed by atoms with E-state index in [9.17, 15) is 9.59 Å². The Hall–Kier alpha value is -2.73. The first kappa shape index (κ1) is 20.5. The minimum atomic E-state index is -0.468. The summed E-state index contributed by atoms with van der Waals surface area (Å²) in [5.41, 5.74) is 5.02. The molecule has 0 radical (unpaired) electrons. The monoisotopic (exact) mass is 466 g/mol. The van der Waals surface area contributed by atoms with Crippen LogP contribution in [0.1, 0.15) is 46.4 Å². The van der Waals surface area contributed by atoms with Crippen molar-refractivity contribution >= 4 is 44.4 Å². The Morgan fingerprint density at radius 2 is 1.90 bits per heavy atom. The number of pyridine rings is 1. The smallest absolute Gasteiger partial charge is 0.339 e. The van der Waals surface area contributed by atoms with Gasteiger partial charge in [-0.05, 0) is 77.9 Å². The number of rotatable bonds is 4. The molecule has 0 atom stereocenters. The number of carbonyl (C=O) groups is 2. The highest BCUT2D eigenvalue weighted by molar-refractivity contribution is 9.10. The maximum atomic E-state index is 13.1. The second kappa shape index (κ2) is 8.96. The molecule has 0 spiro atoms. The van der Waals surface area contributed by atoms with Crippen molar-refractivity contribution in [1.29, 1.82) is 0 Å². The molecule has 1 amide bonds. The first-order valence-corrected chi connectivity index (χ1v) is 11.0. The quantitative estimate of drug-likeness (QED) is 0.414. The lowest BCUT2D eigenvalue weighted by atomic mass is 9.97. The number of ether oxygens (including phenoxy) is 1. The third kappa shape index (κ3) is 4.38. The van der Waals surface area contributed by atoms with E-state index in [1.54, 1.807) is 0 Å². The molecule has 2 aromatic carbocycles. The highest BCUT2D eigenvalue weighted by Crippen LogP contribution is 2.29. The van der Waals surface area contributed by atoms with E-state index in [1.165, 1.54) is 0 Å². The lowest BCUT2D eigenvalue weighted by molar-refractivity contribution is -0.119. The van der Waals surface area contributed by atoms with Gasteiger partial charge in [-0.15, -0.1) is 0 Å². The van der Waals surface area contributed by atoms with Gasteiger partial charge in [0.25, 0.3) is 5.91 Å². The summed E-state index contributed by atoms with van der Waals surface area (Å²) in [5, 5.41) is 3.56. The number of amides is 1. The average molecular weight is 467 g/mol. The molecule has 0 bridgehead atoms. The summed E-state index contributed by atoms with van der Waals surface area (Å²) in [6, 6.07) is 13.3. The van der Waals surface area contributed by atoms with Crippen LogP contribution in [0.15, 0.2) is 46.9 Å². The average Bonchev–Trinajstić information content (AvgIpc) is 2.97. The largest absolute Gasteiger partial charge is 0.452 e. The molecule has 0 aliphatic heterocycles. The van der Waals surface area contributed by atoms with Crippen molar-refractivity contribution in [3.05, 3.63) is 69.3 Å². The van der Waals surface area contributed by atoms with Gasteiger partial charge in [0.15, 0.2) is 6.61 Å². The predicted molar refractivity (Wildman–Crippen MR) is 121 cm³/mol. The number of carbonyl (C=O) groups excluding carboxylic acids is 2. The number of hydrogen-bond acceptors (Lipinski definition) is 4. The molecule has 0 unspecified atom stereocenters. The summed E-state index contributed by atoms with van der Waals surface area (Å²) in [7, 11) is 0. The molecule has 1 aliphatic carbocycles. The first-order chi connectivity index (χ1) is 14.5.